The molecule has 2 aromatic carbocycles. The van der Waals surface area contributed by atoms with Crippen molar-refractivity contribution in [3.63, 3.8) is 0 Å². The van der Waals surface area contributed by atoms with Crippen LogP contribution in [0.2, 0.25) is 0 Å². The van der Waals surface area contributed by atoms with Gasteiger partial charge in [-0.3, -0.25) is 13.9 Å². The van der Waals surface area contributed by atoms with E-state index in [9.17, 15) is 18.0 Å². The molecule has 0 heterocycles. The van der Waals surface area contributed by atoms with Crippen molar-refractivity contribution in [2.24, 2.45) is 0 Å². The second-order valence-corrected chi connectivity index (χ2v) is 11.9. The van der Waals surface area contributed by atoms with Gasteiger partial charge in [0.1, 0.15) is 12.6 Å². The molecule has 0 aliphatic heterocycles. The molecule has 2 rings (SSSR count). The number of benzene rings is 2. The number of carbonyl (C=O) groups is 2. The smallest absolute Gasteiger partial charge is 0.244 e. The van der Waals surface area contributed by atoms with Crippen molar-refractivity contribution in [3.05, 3.63) is 64.1 Å². The number of rotatable bonds is 8. The quantitative estimate of drug-likeness (QED) is 0.553. The molecule has 9 heteroatoms. The first kappa shape index (κ1) is 26.9. The van der Waals surface area contributed by atoms with E-state index in [1.165, 1.54) is 4.90 Å². The average Bonchev–Trinajstić information content (AvgIpc) is 2.69. The van der Waals surface area contributed by atoms with Gasteiger partial charge in [-0.2, -0.15) is 0 Å². The van der Waals surface area contributed by atoms with Gasteiger partial charge in [-0.15, -0.1) is 0 Å². The van der Waals surface area contributed by atoms with Gasteiger partial charge in [-0.25, -0.2) is 8.42 Å². The van der Waals surface area contributed by atoms with E-state index in [1.54, 1.807) is 31.2 Å². The van der Waals surface area contributed by atoms with Crippen molar-refractivity contribution in [2.75, 3.05) is 17.1 Å². The number of aryl methyl sites for hydroxylation is 1. The molecule has 0 aliphatic carbocycles. The number of nitrogens with zero attached hydrogens (tertiary/aromatic N) is 2. The molecule has 180 valence electrons. The molecule has 0 aliphatic rings. The molecule has 2 aromatic rings. The summed E-state index contributed by atoms with van der Waals surface area (Å²) in [4.78, 5) is 27.9. The molecule has 0 radical (unpaired) electrons. The highest BCUT2D eigenvalue weighted by molar-refractivity contribution is 9.10. The largest absolute Gasteiger partial charge is 0.350 e. The highest BCUT2D eigenvalue weighted by atomic mass is 79.9. The maximum atomic E-state index is 13.5. The Balaban J connectivity index is 2.41. The van der Waals surface area contributed by atoms with E-state index in [2.05, 4.69) is 21.2 Å². The van der Waals surface area contributed by atoms with Gasteiger partial charge < -0.3 is 10.2 Å². The fourth-order valence-electron chi connectivity index (χ4n) is 3.25. The van der Waals surface area contributed by atoms with Gasteiger partial charge in [-0.05, 0) is 70.0 Å². The highest BCUT2D eigenvalue weighted by Gasteiger charge is 2.31. The maximum Gasteiger partial charge on any atom is 0.244 e. The van der Waals surface area contributed by atoms with Crippen LogP contribution in [0, 0.1) is 6.92 Å². The summed E-state index contributed by atoms with van der Waals surface area (Å²) in [6.45, 7) is 8.95. The van der Waals surface area contributed by atoms with Crippen LogP contribution in [0.3, 0.4) is 0 Å². The summed E-state index contributed by atoms with van der Waals surface area (Å²) in [6, 6.07) is 13.5. The van der Waals surface area contributed by atoms with E-state index in [1.807, 2.05) is 52.0 Å². The van der Waals surface area contributed by atoms with Crippen molar-refractivity contribution in [1.82, 2.24) is 10.2 Å². The lowest BCUT2D eigenvalue weighted by Crippen LogP contribution is -2.54. The molecular formula is C24H32BrN3O4S. The fourth-order valence-corrected chi connectivity index (χ4v) is 4.36. The summed E-state index contributed by atoms with van der Waals surface area (Å²) in [6.07, 6.45) is 1.06. The van der Waals surface area contributed by atoms with Crippen molar-refractivity contribution in [1.29, 1.82) is 0 Å². The molecule has 0 bridgehead atoms. The van der Waals surface area contributed by atoms with Gasteiger partial charge in [0.2, 0.25) is 21.8 Å². The van der Waals surface area contributed by atoms with Crippen LogP contribution < -0.4 is 9.62 Å². The lowest BCUT2D eigenvalue weighted by molar-refractivity contribution is -0.140. The van der Waals surface area contributed by atoms with Gasteiger partial charge in [0.05, 0.1) is 11.9 Å². The fraction of sp³-hybridized carbons (Fsp3) is 0.417. The second kappa shape index (κ2) is 10.7. The first-order chi connectivity index (χ1) is 15.2. The van der Waals surface area contributed by atoms with E-state index in [4.69, 9.17) is 0 Å². The van der Waals surface area contributed by atoms with Crippen LogP contribution in [-0.4, -0.2) is 49.5 Å². The van der Waals surface area contributed by atoms with Crippen LogP contribution in [0.5, 0.6) is 0 Å². The van der Waals surface area contributed by atoms with Gasteiger partial charge in [0, 0.05) is 16.6 Å². The van der Waals surface area contributed by atoms with Crippen molar-refractivity contribution >= 4 is 43.5 Å². The predicted octanol–water partition coefficient (Wildman–Crippen LogP) is 3.86. The number of hydrogen-bond donors (Lipinski definition) is 1. The van der Waals surface area contributed by atoms with Crippen LogP contribution in [-0.2, 0) is 26.2 Å². The number of anilines is 1. The van der Waals surface area contributed by atoms with E-state index in [0.29, 0.717) is 5.69 Å². The zero-order chi connectivity index (χ0) is 25.0. The summed E-state index contributed by atoms with van der Waals surface area (Å²) in [5.74, 6) is -0.776. The molecule has 1 atom stereocenters. The third-order valence-corrected chi connectivity index (χ3v) is 6.73. The van der Waals surface area contributed by atoms with E-state index < -0.39 is 34.1 Å². The second-order valence-electron chi connectivity index (χ2n) is 9.11. The Morgan fingerprint density at radius 2 is 1.64 bits per heavy atom. The average molecular weight is 539 g/mol. The number of nitrogens with one attached hydrogen (secondary N) is 1. The molecular weight excluding hydrogens is 506 g/mol. The van der Waals surface area contributed by atoms with E-state index in [0.717, 1.165) is 26.2 Å². The Hall–Kier alpha value is -2.39. The van der Waals surface area contributed by atoms with Gasteiger partial charge in [0.15, 0.2) is 0 Å². The third-order valence-electron chi connectivity index (χ3n) is 5.06. The molecule has 33 heavy (non-hydrogen) atoms. The first-order valence-corrected chi connectivity index (χ1v) is 13.2. The first-order valence-electron chi connectivity index (χ1n) is 10.6. The number of hydrogen-bond acceptors (Lipinski definition) is 4. The van der Waals surface area contributed by atoms with Gasteiger partial charge >= 0.3 is 0 Å². The monoisotopic (exact) mass is 537 g/mol. The molecule has 0 fully saturated rings. The summed E-state index contributed by atoms with van der Waals surface area (Å²) >= 11 is 3.33. The summed E-state index contributed by atoms with van der Waals surface area (Å²) < 4.78 is 26.9. The number of amides is 2. The summed E-state index contributed by atoms with van der Waals surface area (Å²) in [5, 5.41) is 2.91. The Kier molecular flexibility index (Phi) is 8.70. The van der Waals surface area contributed by atoms with Crippen molar-refractivity contribution < 1.29 is 18.0 Å². The number of halogens is 1. The molecule has 2 amide bonds. The Bertz CT molecular complexity index is 1100. The molecule has 1 unspecified atom stereocenters. The lowest BCUT2D eigenvalue weighted by atomic mass is 10.1. The Labute approximate surface area is 205 Å². The van der Waals surface area contributed by atoms with Crippen LogP contribution in [0.1, 0.15) is 38.8 Å². The SMILES string of the molecule is Cc1ccccc1CN(C(=O)CN(c1ccc(Br)cc1)S(C)(=O)=O)C(C)C(=O)NC(C)(C)C. The van der Waals surface area contributed by atoms with Crippen LogP contribution in [0.15, 0.2) is 53.0 Å². The minimum atomic E-state index is -3.75. The molecule has 0 aromatic heterocycles. The summed E-state index contributed by atoms with van der Waals surface area (Å²) in [5.41, 5.74) is 1.76. The number of sulfonamides is 1. The zero-order valence-corrected chi connectivity index (χ0v) is 22.3. The van der Waals surface area contributed by atoms with E-state index in [-0.39, 0.29) is 12.5 Å². The zero-order valence-electron chi connectivity index (χ0n) is 19.9. The Morgan fingerprint density at radius 1 is 1.06 bits per heavy atom. The van der Waals surface area contributed by atoms with E-state index >= 15 is 0 Å². The topological polar surface area (TPSA) is 86.8 Å². The summed E-state index contributed by atoms with van der Waals surface area (Å²) in [7, 11) is -3.75. The highest BCUT2D eigenvalue weighted by Crippen LogP contribution is 2.22. The van der Waals surface area contributed by atoms with Gasteiger partial charge in [0.25, 0.3) is 0 Å². The molecule has 0 saturated carbocycles. The Morgan fingerprint density at radius 3 is 2.15 bits per heavy atom. The van der Waals surface area contributed by atoms with Crippen molar-refractivity contribution in [2.45, 2.75) is 52.7 Å². The lowest BCUT2D eigenvalue weighted by Gasteiger charge is -2.33. The standard InChI is InChI=1S/C24H32BrN3O4S/c1-17-9-7-8-10-19(17)15-27(18(2)23(30)26-24(3,4)5)22(29)16-28(33(6,31)32)21-13-11-20(25)12-14-21/h7-14,18H,15-16H2,1-6H3,(H,26,30). The molecule has 0 spiro atoms. The number of carbonyl (C=O) groups excluding carboxylic acids is 2. The molecule has 7 nitrogen and oxygen atoms in total. The normalized spacial score (nSPS) is 12.7. The van der Waals surface area contributed by atoms with Crippen LogP contribution in [0.4, 0.5) is 5.69 Å². The molecule has 0 saturated heterocycles. The van der Waals surface area contributed by atoms with Crippen LogP contribution >= 0.6 is 15.9 Å². The maximum absolute atomic E-state index is 13.5. The van der Waals surface area contributed by atoms with Gasteiger partial charge in [-0.1, -0.05) is 40.2 Å². The molecule has 1 N–H and O–H groups in total. The predicted molar refractivity (Wildman–Crippen MR) is 135 cm³/mol. The van der Waals surface area contributed by atoms with Crippen LogP contribution in [0.25, 0.3) is 0 Å². The minimum Gasteiger partial charge on any atom is -0.350 e. The van der Waals surface area contributed by atoms with Crippen molar-refractivity contribution in [3.8, 4) is 0 Å². The minimum absolute atomic E-state index is 0.183. The third kappa shape index (κ3) is 7.85.